The highest BCUT2D eigenvalue weighted by Crippen LogP contribution is 2.34. The number of ether oxygens (including phenoxy) is 2. The maximum atomic E-state index is 5.40. The number of nitrogens with zero attached hydrogens (tertiary/aromatic N) is 2. The second kappa shape index (κ2) is 6.33. The number of hydrazone groups is 1. The highest BCUT2D eigenvalue weighted by molar-refractivity contribution is 7.14. The maximum absolute atomic E-state index is 5.40. The summed E-state index contributed by atoms with van der Waals surface area (Å²) in [5.74, 6) is 1.53. The van der Waals surface area contributed by atoms with E-state index in [4.69, 9.17) is 9.47 Å². The summed E-state index contributed by atoms with van der Waals surface area (Å²) in [7, 11) is 0. The highest BCUT2D eigenvalue weighted by Gasteiger charge is 2.14. The second-order valence-corrected chi connectivity index (χ2v) is 6.19. The molecular formula is C18H15N3O2S. The number of anilines is 1. The zero-order valence-corrected chi connectivity index (χ0v) is 13.8. The summed E-state index contributed by atoms with van der Waals surface area (Å²) in [4.78, 5) is 4.54. The van der Waals surface area contributed by atoms with Crippen molar-refractivity contribution in [1.29, 1.82) is 0 Å². The number of fused-ring (bicyclic) bond motifs is 1. The number of benzene rings is 2. The largest absolute Gasteiger partial charge is 0.454 e. The Bertz CT molecular complexity index is 891. The van der Waals surface area contributed by atoms with Crippen LogP contribution in [0.4, 0.5) is 5.13 Å². The van der Waals surface area contributed by atoms with E-state index in [0.29, 0.717) is 0 Å². The second-order valence-electron chi connectivity index (χ2n) is 5.34. The van der Waals surface area contributed by atoms with E-state index in [9.17, 15) is 0 Å². The molecule has 1 N–H and O–H groups in total. The molecule has 6 heteroatoms. The third-order valence-corrected chi connectivity index (χ3v) is 4.45. The molecule has 4 rings (SSSR count). The van der Waals surface area contributed by atoms with Crippen LogP contribution in [0.15, 0.2) is 52.9 Å². The third kappa shape index (κ3) is 2.96. The Kier molecular flexibility index (Phi) is 3.88. The average molecular weight is 337 g/mol. The van der Waals surface area contributed by atoms with E-state index >= 15 is 0 Å². The zero-order chi connectivity index (χ0) is 16.4. The Morgan fingerprint density at radius 3 is 2.79 bits per heavy atom. The zero-order valence-electron chi connectivity index (χ0n) is 13.0. The number of hydrogen-bond donors (Lipinski definition) is 1. The van der Waals surface area contributed by atoms with Gasteiger partial charge in [-0.1, -0.05) is 30.3 Å². The summed E-state index contributed by atoms with van der Waals surface area (Å²) < 4.78 is 10.8. The van der Waals surface area contributed by atoms with E-state index in [1.54, 1.807) is 6.21 Å². The van der Waals surface area contributed by atoms with Crippen molar-refractivity contribution in [3.8, 4) is 22.8 Å². The van der Waals surface area contributed by atoms with E-state index in [2.05, 4.69) is 15.5 Å². The minimum Gasteiger partial charge on any atom is -0.454 e. The van der Waals surface area contributed by atoms with Crippen LogP contribution in [0.2, 0.25) is 0 Å². The molecule has 5 nitrogen and oxygen atoms in total. The molecule has 0 saturated heterocycles. The topological polar surface area (TPSA) is 55.7 Å². The van der Waals surface area contributed by atoms with Gasteiger partial charge in [-0.3, -0.25) is 5.43 Å². The molecule has 1 aromatic heterocycles. The fraction of sp³-hybridized carbons (Fsp3) is 0.111. The minimum atomic E-state index is 0.273. The average Bonchev–Trinajstić information content (AvgIpc) is 3.25. The minimum absolute atomic E-state index is 0.273. The van der Waals surface area contributed by atoms with Crippen molar-refractivity contribution in [3.63, 3.8) is 0 Å². The molecule has 0 fully saturated rings. The van der Waals surface area contributed by atoms with Crippen LogP contribution in [0.5, 0.6) is 11.5 Å². The molecule has 0 bridgehead atoms. The summed E-state index contributed by atoms with van der Waals surface area (Å²) in [6, 6.07) is 14.0. The summed E-state index contributed by atoms with van der Waals surface area (Å²) >= 11 is 1.52. The lowest BCUT2D eigenvalue weighted by atomic mass is 10.1. The molecule has 0 aliphatic carbocycles. The van der Waals surface area contributed by atoms with Crippen LogP contribution in [-0.4, -0.2) is 18.0 Å². The summed E-state index contributed by atoms with van der Waals surface area (Å²) in [6.45, 7) is 2.29. The number of thiazole rings is 1. The SMILES string of the molecule is Cc1cc2c(cc1C=NNc1nc(-c3ccccc3)cs1)OCO2. The smallest absolute Gasteiger partial charge is 0.231 e. The van der Waals surface area contributed by atoms with Crippen molar-refractivity contribution >= 4 is 22.7 Å². The Labute approximate surface area is 143 Å². The van der Waals surface area contributed by atoms with E-state index in [1.165, 1.54) is 11.3 Å². The van der Waals surface area contributed by atoms with Gasteiger partial charge in [0.2, 0.25) is 11.9 Å². The molecule has 0 amide bonds. The molecule has 0 atom stereocenters. The van der Waals surface area contributed by atoms with E-state index in [1.807, 2.05) is 54.8 Å². The van der Waals surface area contributed by atoms with Gasteiger partial charge in [0.05, 0.1) is 11.9 Å². The number of rotatable bonds is 4. The normalized spacial score (nSPS) is 12.7. The van der Waals surface area contributed by atoms with Gasteiger partial charge in [-0.05, 0) is 24.6 Å². The van der Waals surface area contributed by atoms with Crippen LogP contribution in [-0.2, 0) is 0 Å². The first-order valence-corrected chi connectivity index (χ1v) is 8.38. The lowest BCUT2D eigenvalue weighted by molar-refractivity contribution is 0.174. The predicted molar refractivity (Wildman–Crippen MR) is 96.1 cm³/mol. The molecule has 0 radical (unpaired) electrons. The number of hydrogen-bond acceptors (Lipinski definition) is 6. The molecule has 24 heavy (non-hydrogen) atoms. The van der Waals surface area contributed by atoms with Crippen molar-refractivity contribution < 1.29 is 9.47 Å². The lowest BCUT2D eigenvalue weighted by Crippen LogP contribution is -1.93. The quantitative estimate of drug-likeness (QED) is 0.570. The van der Waals surface area contributed by atoms with Crippen LogP contribution in [0.25, 0.3) is 11.3 Å². The number of nitrogens with one attached hydrogen (secondary N) is 1. The van der Waals surface area contributed by atoms with Gasteiger partial charge < -0.3 is 9.47 Å². The summed E-state index contributed by atoms with van der Waals surface area (Å²) in [5, 5.41) is 7.05. The molecule has 0 unspecified atom stereocenters. The van der Waals surface area contributed by atoms with Crippen molar-refractivity contribution in [2.75, 3.05) is 12.2 Å². The third-order valence-electron chi connectivity index (χ3n) is 3.70. The fourth-order valence-corrected chi connectivity index (χ4v) is 3.09. The van der Waals surface area contributed by atoms with E-state index < -0.39 is 0 Å². The molecule has 0 spiro atoms. The molecule has 0 saturated carbocycles. The van der Waals surface area contributed by atoms with Gasteiger partial charge in [0.1, 0.15) is 0 Å². The first-order chi connectivity index (χ1) is 11.8. The monoisotopic (exact) mass is 337 g/mol. The van der Waals surface area contributed by atoms with Gasteiger partial charge in [-0.2, -0.15) is 5.10 Å². The molecule has 2 aromatic carbocycles. The Balaban J connectivity index is 1.48. The van der Waals surface area contributed by atoms with E-state index in [-0.39, 0.29) is 6.79 Å². The van der Waals surface area contributed by atoms with Crippen LogP contribution >= 0.6 is 11.3 Å². The van der Waals surface area contributed by atoms with Crippen LogP contribution < -0.4 is 14.9 Å². The maximum Gasteiger partial charge on any atom is 0.231 e. The molecule has 3 aromatic rings. The Hall–Kier alpha value is -2.86. The lowest BCUT2D eigenvalue weighted by Gasteiger charge is -2.02. The van der Waals surface area contributed by atoms with Crippen LogP contribution in [0.3, 0.4) is 0 Å². The first kappa shape index (κ1) is 14.7. The van der Waals surface area contributed by atoms with Crippen molar-refractivity contribution in [2.24, 2.45) is 5.10 Å². The number of aryl methyl sites for hydroxylation is 1. The van der Waals surface area contributed by atoms with Crippen LogP contribution in [0, 0.1) is 6.92 Å². The van der Waals surface area contributed by atoms with Gasteiger partial charge in [0.15, 0.2) is 11.5 Å². The molecule has 1 aliphatic heterocycles. The van der Waals surface area contributed by atoms with Crippen molar-refractivity contribution in [2.45, 2.75) is 6.92 Å². The number of aromatic nitrogens is 1. The predicted octanol–water partition coefficient (Wildman–Crippen LogP) is 4.29. The standard InChI is InChI=1S/C18H15N3O2S/c1-12-7-16-17(23-11-22-16)8-14(12)9-19-21-18-20-15(10-24-18)13-5-3-2-4-6-13/h2-10H,11H2,1H3,(H,20,21). The summed E-state index contributed by atoms with van der Waals surface area (Å²) in [5.41, 5.74) is 7.08. The van der Waals surface area contributed by atoms with Gasteiger partial charge >= 0.3 is 0 Å². The van der Waals surface area contributed by atoms with Gasteiger partial charge in [-0.25, -0.2) is 4.98 Å². The fourth-order valence-electron chi connectivity index (χ4n) is 2.42. The molecule has 2 heterocycles. The van der Waals surface area contributed by atoms with Gasteiger partial charge in [0, 0.05) is 16.5 Å². The van der Waals surface area contributed by atoms with Gasteiger partial charge in [0.25, 0.3) is 0 Å². The molecule has 1 aliphatic rings. The highest BCUT2D eigenvalue weighted by atomic mass is 32.1. The van der Waals surface area contributed by atoms with Crippen LogP contribution in [0.1, 0.15) is 11.1 Å². The van der Waals surface area contributed by atoms with Crippen molar-refractivity contribution in [1.82, 2.24) is 4.98 Å². The van der Waals surface area contributed by atoms with Crippen molar-refractivity contribution in [3.05, 3.63) is 59.0 Å². The Morgan fingerprint density at radius 1 is 1.17 bits per heavy atom. The first-order valence-electron chi connectivity index (χ1n) is 7.50. The molecular weight excluding hydrogens is 322 g/mol. The Morgan fingerprint density at radius 2 is 1.96 bits per heavy atom. The summed E-state index contributed by atoms with van der Waals surface area (Å²) in [6.07, 6.45) is 1.76. The molecule has 120 valence electrons. The van der Waals surface area contributed by atoms with E-state index in [0.717, 1.165) is 39.0 Å². The van der Waals surface area contributed by atoms with Gasteiger partial charge in [-0.15, -0.1) is 11.3 Å².